The van der Waals surface area contributed by atoms with Crippen LogP contribution >= 0.6 is 0 Å². The highest BCUT2D eigenvalue weighted by Crippen LogP contribution is 2.16. The Balaban J connectivity index is 1.62. The summed E-state index contributed by atoms with van der Waals surface area (Å²) in [6, 6.07) is 0.395. The van der Waals surface area contributed by atoms with Crippen molar-refractivity contribution in [3.63, 3.8) is 0 Å². The zero-order valence-corrected chi connectivity index (χ0v) is 13.8. The van der Waals surface area contributed by atoms with Gasteiger partial charge in [-0.05, 0) is 26.7 Å². The number of morpholine rings is 1. The van der Waals surface area contributed by atoms with Crippen LogP contribution in [0, 0.1) is 13.8 Å². The summed E-state index contributed by atoms with van der Waals surface area (Å²) < 4.78 is 5.68. The normalized spacial score (nSPS) is 19.0. The fraction of sp³-hybridized carbons (Fsp3) is 0.529. The molecular formula is C17H23N5O. The van der Waals surface area contributed by atoms with Gasteiger partial charge in [-0.15, -0.1) is 0 Å². The van der Waals surface area contributed by atoms with Crippen molar-refractivity contribution in [3.05, 3.63) is 47.6 Å². The van der Waals surface area contributed by atoms with Crippen molar-refractivity contribution in [1.82, 2.24) is 24.8 Å². The van der Waals surface area contributed by atoms with E-state index in [2.05, 4.69) is 24.8 Å². The molecule has 2 aromatic rings. The van der Waals surface area contributed by atoms with Crippen LogP contribution in [0.4, 0.5) is 0 Å². The van der Waals surface area contributed by atoms with E-state index >= 15 is 0 Å². The van der Waals surface area contributed by atoms with Crippen LogP contribution in [0.5, 0.6) is 0 Å². The summed E-state index contributed by atoms with van der Waals surface area (Å²) in [6.45, 7) is 7.29. The van der Waals surface area contributed by atoms with Gasteiger partial charge in [-0.1, -0.05) is 0 Å². The average Bonchev–Trinajstić information content (AvgIpc) is 2.57. The zero-order chi connectivity index (χ0) is 16.1. The number of aromatic nitrogens is 4. The molecular weight excluding hydrogens is 290 g/mol. The van der Waals surface area contributed by atoms with Gasteiger partial charge in [-0.2, -0.15) is 0 Å². The molecule has 23 heavy (non-hydrogen) atoms. The lowest BCUT2D eigenvalue weighted by atomic mass is 10.1. The zero-order valence-electron chi connectivity index (χ0n) is 13.8. The first-order valence-corrected chi connectivity index (χ1v) is 8.08. The molecule has 0 aromatic carbocycles. The molecule has 1 aliphatic heterocycles. The van der Waals surface area contributed by atoms with E-state index in [1.165, 1.54) is 0 Å². The molecule has 1 fully saturated rings. The first kappa shape index (κ1) is 16.0. The molecule has 3 heterocycles. The van der Waals surface area contributed by atoms with Crippen LogP contribution < -0.4 is 0 Å². The third-order valence-corrected chi connectivity index (χ3v) is 4.27. The monoisotopic (exact) mass is 313 g/mol. The average molecular weight is 313 g/mol. The first-order chi connectivity index (χ1) is 11.2. The Morgan fingerprint density at radius 1 is 1.13 bits per heavy atom. The molecule has 3 rings (SSSR count). The van der Waals surface area contributed by atoms with Gasteiger partial charge in [0.1, 0.15) is 5.82 Å². The number of rotatable bonds is 5. The van der Waals surface area contributed by atoms with E-state index in [0.29, 0.717) is 6.04 Å². The molecule has 0 bridgehead atoms. The number of hydrogen-bond donors (Lipinski definition) is 0. The van der Waals surface area contributed by atoms with Gasteiger partial charge in [0.2, 0.25) is 0 Å². The summed E-state index contributed by atoms with van der Waals surface area (Å²) in [6.07, 6.45) is 9.29. The summed E-state index contributed by atoms with van der Waals surface area (Å²) in [5.74, 6) is 0.811. The smallest absolute Gasteiger partial charge is 0.125 e. The van der Waals surface area contributed by atoms with Crippen LogP contribution in [0.2, 0.25) is 0 Å². The van der Waals surface area contributed by atoms with Crippen molar-refractivity contribution in [2.24, 2.45) is 0 Å². The van der Waals surface area contributed by atoms with Crippen LogP contribution in [-0.4, -0.2) is 50.6 Å². The molecule has 0 radical (unpaired) electrons. The van der Waals surface area contributed by atoms with Crippen LogP contribution in [0.1, 0.15) is 29.2 Å². The van der Waals surface area contributed by atoms with E-state index in [4.69, 9.17) is 4.74 Å². The topological polar surface area (TPSA) is 64.0 Å². The molecule has 0 spiro atoms. The van der Waals surface area contributed by atoms with Crippen molar-refractivity contribution in [2.75, 3.05) is 19.8 Å². The number of nitrogens with zero attached hydrogens (tertiary/aromatic N) is 5. The van der Waals surface area contributed by atoms with Crippen LogP contribution in [0.3, 0.4) is 0 Å². The van der Waals surface area contributed by atoms with Gasteiger partial charge in [-0.25, -0.2) is 9.97 Å². The summed E-state index contributed by atoms with van der Waals surface area (Å²) >= 11 is 0. The van der Waals surface area contributed by atoms with E-state index < -0.39 is 0 Å². The van der Waals surface area contributed by atoms with E-state index in [0.717, 1.165) is 61.9 Å². The second-order valence-electron chi connectivity index (χ2n) is 5.96. The van der Waals surface area contributed by atoms with Gasteiger partial charge in [0.25, 0.3) is 0 Å². The summed E-state index contributed by atoms with van der Waals surface area (Å²) in [5, 5.41) is 0. The van der Waals surface area contributed by atoms with Gasteiger partial charge >= 0.3 is 0 Å². The van der Waals surface area contributed by atoms with Crippen molar-refractivity contribution >= 4 is 0 Å². The second kappa shape index (κ2) is 7.57. The lowest BCUT2D eigenvalue weighted by Crippen LogP contribution is -2.45. The number of ether oxygens (including phenoxy) is 1. The SMILES string of the molecule is Cc1ncc(CN2CCOCC2CCc2nccnc2C)cn1. The number of aryl methyl sites for hydroxylation is 3. The molecule has 1 saturated heterocycles. The predicted octanol–water partition coefficient (Wildman–Crippen LogP) is 1.72. The van der Waals surface area contributed by atoms with Gasteiger partial charge in [-0.3, -0.25) is 14.9 Å². The van der Waals surface area contributed by atoms with E-state index in [1.807, 2.05) is 26.2 Å². The van der Waals surface area contributed by atoms with Crippen molar-refractivity contribution in [3.8, 4) is 0 Å². The summed E-state index contributed by atoms with van der Waals surface area (Å²) in [5.41, 5.74) is 3.25. The van der Waals surface area contributed by atoms with Gasteiger partial charge in [0.15, 0.2) is 0 Å². The molecule has 2 aromatic heterocycles. The third kappa shape index (κ3) is 4.30. The van der Waals surface area contributed by atoms with Crippen LogP contribution in [0.15, 0.2) is 24.8 Å². The quantitative estimate of drug-likeness (QED) is 0.837. The van der Waals surface area contributed by atoms with Crippen LogP contribution in [0.25, 0.3) is 0 Å². The summed E-state index contributed by atoms with van der Waals surface area (Å²) in [7, 11) is 0. The molecule has 0 amide bonds. The highest BCUT2D eigenvalue weighted by Gasteiger charge is 2.23. The van der Waals surface area contributed by atoms with E-state index in [9.17, 15) is 0 Å². The van der Waals surface area contributed by atoms with Crippen molar-refractivity contribution in [2.45, 2.75) is 39.3 Å². The Morgan fingerprint density at radius 2 is 1.91 bits per heavy atom. The molecule has 1 unspecified atom stereocenters. The fourth-order valence-corrected chi connectivity index (χ4v) is 2.88. The van der Waals surface area contributed by atoms with Gasteiger partial charge < -0.3 is 4.74 Å². The summed E-state index contributed by atoms with van der Waals surface area (Å²) in [4.78, 5) is 19.8. The standard InChI is InChI=1S/C17H23N5O/c1-13-17(19-6-5-18-13)4-3-16-12-23-8-7-22(16)11-15-9-20-14(2)21-10-15/h5-6,9-10,16H,3-4,7-8,11-12H2,1-2H3. The maximum Gasteiger partial charge on any atom is 0.125 e. The van der Waals surface area contributed by atoms with Crippen molar-refractivity contribution in [1.29, 1.82) is 0 Å². The Labute approximate surface area is 137 Å². The molecule has 0 N–H and O–H groups in total. The lowest BCUT2D eigenvalue weighted by Gasteiger charge is -2.35. The first-order valence-electron chi connectivity index (χ1n) is 8.08. The third-order valence-electron chi connectivity index (χ3n) is 4.27. The van der Waals surface area contributed by atoms with Gasteiger partial charge in [0.05, 0.1) is 24.6 Å². The molecule has 6 nitrogen and oxygen atoms in total. The van der Waals surface area contributed by atoms with E-state index in [1.54, 1.807) is 12.4 Å². The molecule has 0 saturated carbocycles. The molecule has 1 aliphatic rings. The van der Waals surface area contributed by atoms with Gasteiger partial charge in [0, 0.05) is 49.5 Å². The Morgan fingerprint density at radius 3 is 2.70 bits per heavy atom. The maximum atomic E-state index is 5.68. The highest BCUT2D eigenvalue weighted by atomic mass is 16.5. The van der Waals surface area contributed by atoms with Crippen LogP contribution in [-0.2, 0) is 17.7 Å². The predicted molar refractivity (Wildman–Crippen MR) is 86.9 cm³/mol. The maximum absolute atomic E-state index is 5.68. The Bertz CT molecular complexity index is 631. The Hall–Kier alpha value is -1.92. The largest absolute Gasteiger partial charge is 0.378 e. The second-order valence-corrected chi connectivity index (χ2v) is 5.96. The minimum absolute atomic E-state index is 0.395. The minimum Gasteiger partial charge on any atom is -0.378 e. The number of hydrogen-bond acceptors (Lipinski definition) is 6. The van der Waals surface area contributed by atoms with Crippen molar-refractivity contribution < 1.29 is 4.74 Å². The molecule has 1 atom stereocenters. The Kier molecular flexibility index (Phi) is 5.25. The molecule has 122 valence electrons. The highest BCUT2D eigenvalue weighted by molar-refractivity contribution is 5.09. The fourth-order valence-electron chi connectivity index (χ4n) is 2.88. The molecule has 6 heteroatoms. The molecule has 0 aliphatic carbocycles. The minimum atomic E-state index is 0.395. The van der Waals surface area contributed by atoms with E-state index in [-0.39, 0.29) is 0 Å². The lowest BCUT2D eigenvalue weighted by molar-refractivity contribution is -0.0145.